The lowest BCUT2D eigenvalue weighted by Crippen LogP contribution is -2.18. The number of hydrogen-bond acceptors (Lipinski definition) is 3. The normalized spacial score (nSPS) is 13.0. The van der Waals surface area contributed by atoms with Crippen molar-refractivity contribution in [3.63, 3.8) is 0 Å². The molecule has 2 aromatic rings. The number of sulfonamides is 1. The summed E-state index contributed by atoms with van der Waals surface area (Å²) >= 11 is 0. The van der Waals surface area contributed by atoms with E-state index in [-0.39, 0.29) is 17.1 Å². The number of aromatic nitrogens is 1. The van der Waals surface area contributed by atoms with Crippen LogP contribution in [0.1, 0.15) is 5.69 Å². The fourth-order valence-corrected chi connectivity index (χ4v) is 3.30. The van der Waals surface area contributed by atoms with Crippen LogP contribution in [0, 0.1) is 6.92 Å². The SMILES string of the molecule is Cc1c(S(N)(=O)=O)c2ccccc2n1CCOC(F)(F)F. The van der Waals surface area contributed by atoms with Crippen LogP contribution in [0.4, 0.5) is 13.2 Å². The van der Waals surface area contributed by atoms with Crippen LogP contribution in [0.2, 0.25) is 0 Å². The van der Waals surface area contributed by atoms with Crippen LogP contribution in [-0.2, 0) is 21.3 Å². The van der Waals surface area contributed by atoms with E-state index in [1.807, 2.05) is 0 Å². The van der Waals surface area contributed by atoms with E-state index in [9.17, 15) is 21.6 Å². The van der Waals surface area contributed by atoms with Crippen LogP contribution >= 0.6 is 0 Å². The second-order valence-corrected chi connectivity index (χ2v) is 5.92. The third-order valence-corrected chi connectivity index (χ3v) is 4.12. The van der Waals surface area contributed by atoms with Crippen LogP contribution in [0.3, 0.4) is 0 Å². The van der Waals surface area contributed by atoms with Gasteiger partial charge in [-0.2, -0.15) is 0 Å². The topological polar surface area (TPSA) is 74.3 Å². The molecule has 0 aliphatic rings. The molecule has 0 atom stereocenters. The predicted molar refractivity (Wildman–Crippen MR) is 70.1 cm³/mol. The Morgan fingerprint density at radius 3 is 2.48 bits per heavy atom. The van der Waals surface area contributed by atoms with Crippen LogP contribution in [-0.4, -0.2) is 26.0 Å². The van der Waals surface area contributed by atoms with Crippen molar-refractivity contribution in [3.8, 4) is 0 Å². The van der Waals surface area contributed by atoms with Gasteiger partial charge in [-0.1, -0.05) is 18.2 Å². The van der Waals surface area contributed by atoms with Gasteiger partial charge in [0.25, 0.3) is 0 Å². The standard InChI is InChI=1S/C12H13F3N2O3S/c1-8-11(21(16,18)19)9-4-2-3-5-10(9)17(8)6-7-20-12(13,14)15/h2-5H,6-7H2,1H3,(H2,16,18,19). The highest BCUT2D eigenvalue weighted by Gasteiger charge is 2.29. The van der Waals surface area contributed by atoms with E-state index in [1.54, 1.807) is 24.3 Å². The Hall–Kier alpha value is -1.58. The number of hydrogen-bond donors (Lipinski definition) is 1. The highest BCUT2D eigenvalue weighted by Crippen LogP contribution is 2.29. The van der Waals surface area contributed by atoms with E-state index in [0.717, 1.165) is 0 Å². The number of para-hydroxylation sites is 1. The molecule has 0 unspecified atom stereocenters. The van der Waals surface area contributed by atoms with Gasteiger partial charge in [-0.05, 0) is 13.0 Å². The van der Waals surface area contributed by atoms with E-state index in [1.165, 1.54) is 11.5 Å². The zero-order chi connectivity index (χ0) is 15.8. The van der Waals surface area contributed by atoms with Crippen molar-refractivity contribution in [3.05, 3.63) is 30.0 Å². The van der Waals surface area contributed by atoms with Crippen LogP contribution in [0.25, 0.3) is 10.9 Å². The third kappa shape index (κ3) is 3.36. The summed E-state index contributed by atoms with van der Waals surface area (Å²) in [5, 5.41) is 5.56. The maximum absolute atomic E-state index is 12.0. The molecule has 9 heteroatoms. The lowest BCUT2D eigenvalue weighted by Gasteiger charge is -2.10. The maximum atomic E-state index is 12.0. The molecule has 0 aliphatic heterocycles. The number of nitrogens with zero attached hydrogens (tertiary/aromatic N) is 1. The minimum Gasteiger partial charge on any atom is -0.341 e. The number of benzene rings is 1. The van der Waals surface area contributed by atoms with Gasteiger partial charge in [0.1, 0.15) is 4.90 Å². The minimum absolute atomic E-state index is 0.0786. The number of nitrogens with two attached hydrogens (primary N) is 1. The summed E-state index contributed by atoms with van der Waals surface area (Å²) in [5.74, 6) is 0. The zero-order valence-corrected chi connectivity index (χ0v) is 11.8. The van der Waals surface area contributed by atoms with E-state index in [4.69, 9.17) is 5.14 Å². The summed E-state index contributed by atoms with van der Waals surface area (Å²) < 4.78 is 64.6. The summed E-state index contributed by atoms with van der Waals surface area (Å²) in [4.78, 5) is -0.0786. The molecule has 21 heavy (non-hydrogen) atoms. The number of alkyl halides is 3. The summed E-state index contributed by atoms with van der Waals surface area (Å²) in [6, 6.07) is 6.47. The van der Waals surface area contributed by atoms with Crippen molar-refractivity contribution in [2.75, 3.05) is 6.61 Å². The van der Waals surface area contributed by atoms with Gasteiger partial charge in [0, 0.05) is 23.1 Å². The van der Waals surface area contributed by atoms with Gasteiger partial charge >= 0.3 is 6.36 Å². The first-order valence-corrected chi connectivity index (χ1v) is 7.47. The Bertz CT molecular complexity index is 766. The lowest BCUT2D eigenvalue weighted by atomic mass is 10.2. The number of halogens is 3. The molecular formula is C12H13F3N2O3S. The molecule has 1 heterocycles. The van der Waals surface area contributed by atoms with Gasteiger partial charge in [-0.3, -0.25) is 4.74 Å². The molecule has 0 aliphatic carbocycles. The Labute approximate surface area is 119 Å². The molecule has 5 nitrogen and oxygen atoms in total. The van der Waals surface area contributed by atoms with Gasteiger partial charge in [-0.25, -0.2) is 13.6 Å². The van der Waals surface area contributed by atoms with E-state index in [2.05, 4.69) is 4.74 Å². The number of primary sulfonamides is 1. The molecule has 0 amide bonds. The monoisotopic (exact) mass is 322 g/mol. The molecule has 0 radical (unpaired) electrons. The highest BCUT2D eigenvalue weighted by molar-refractivity contribution is 7.89. The summed E-state index contributed by atoms with van der Waals surface area (Å²) in [6.07, 6.45) is -4.72. The van der Waals surface area contributed by atoms with Crippen molar-refractivity contribution >= 4 is 20.9 Å². The predicted octanol–water partition coefficient (Wildman–Crippen LogP) is 2.13. The molecule has 0 spiro atoms. The van der Waals surface area contributed by atoms with E-state index >= 15 is 0 Å². The average molecular weight is 322 g/mol. The van der Waals surface area contributed by atoms with Crippen LogP contribution < -0.4 is 5.14 Å². The van der Waals surface area contributed by atoms with E-state index in [0.29, 0.717) is 10.9 Å². The molecule has 1 aromatic carbocycles. The molecule has 0 saturated heterocycles. The van der Waals surface area contributed by atoms with Crippen molar-refractivity contribution in [1.29, 1.82) is 0 Å². The first-order valence-electron chi connectivity index (χ1n) is 5.92. The quantitative estimate of drug-likeness (QED) is 0.937. The number of ether oxygens (including phenoxy) is 1. The molecule has 0 bridgehead atoms. The Kier molecular flexibility index (Phi) is 4.00. The van der Waals surface area contributed by atoms with E-state index < -0.39 is 23.0 Å². The smallest absolute Gasteiger partial charge is 0.341 e. The maximum Gasteiger partial charge on any atom is 0.522 e. The second-order valence-electron chi connectivity index (χ2n) is 4.42. The highest BCUT2D eigenvalue weighted by atomic mass is 32.2. The summed E-state index contributed by atoms with van der Waals surface area (Å²) in [5.41, 5.74) is 0.772. The zero-order valence-electron chi connectivity index (χ0n) is 11.0. The fraction of sp³-hybridized carbons (Fsp3) is 0.333. The Morgan fingerprint density at radius 2 is 1.90 bits per heavy atom. The largest absolute Gasteiger partial charge is 0.522 e. The van der Waals surface area contributed by atoms with Crippen molar-refractivity contribution < 1.29 is 26.3 Å². The van der Waals surface area contributed by atoms with Crippen LogP contribution in [0.15, 0.2) is 29.2 Å². The van der Waals surface area contributed by atoms with Gasteiger partial charge in [0.2, 0.25) is 10.0 Å². The molecule has 0 saturated carbocycles. The molecular weight excluding hydrogens is 309 g/mol. The lowest BCUT2D eigenvalue weighted by molar-refractivity contribution is -0.325. The Morgan fingerprint density at radius 1 is 1.29 bits per heavy atom. The molecule has 116 valence electrons. The fourth-order valence-electron chi connectivity index (χ4n) is 2.30. The number of rotatable bonds is 4. The second kappa shape index (κ2) is 5.32. The van der Waals surface area contributed by atoms with Crippen molar-refractivity contribution in [2.45, 2.75) is 24.7 Å². The third-order valence-electron chi connectivity index (χ3n) is 3.04. The molecule has 1 aromatic heterocycles. The van der Waals surface area contributed by atoms with Gasteiger partial charge in [0.15, 0.2) is 0 Å². The average Bonchev–Trinajstić information content (AvgIpc) is 2.60. The summed E-state index contributed by atoms with van der Waals surface area (Å²) in [7, 11) is -3.98. The van der Waals surface area contributed by atoms with Gasteiger partial charge < -0.3 is 4.57 Å². The molecule has 2 N–H and O–H groups in total. The first kappa shape index (κ1) is 15.8. The van der Waals surface area contributed by atoms with Gasteiger partial charge in [-0.15, -0.1) is 13.2 Å². The van der Waals surface area contributed by atoms with Crippen molar-refractivity contribution in [2.24, 2.45) is 5.14 Å². The van der Waals surface area contributed by atoms with Crippen LogP contribution in [0.5, 0.6) is 0 Å². The molecule has 0 fully saturated rings. The van der Waals surface area contributed by atoms with Gasteiger partial charge in [0.05, 0.1) is 6.61 Å². The van der Waals surface area contributed by atoms with Crippen molar-refractivity contribution in [1.82, 2.24) is 4.57 Å². The minimum atomic E-state index is -4.72. The summed E-state index contributed by atoms with van der Waals surface area (Å²) in [6.45, 7) is 0.738. The first-order chi connectivity index (χ1) is 9.61. The number of fused-ring (bicyclic) bond motifs is 1. The Balaban J connectivity index is 2.47. The molecule has 2 rings (SSSR count).